The molecule has 27 heavy (non-hydrogen) atoms. The Balaban J connectivity index is 1.99. The van der Waals surface area contributed by atoms with Crippen molar-refractivity contribution in [3.63, 3.8) is 0 Å². The number of furan rings is 1. The summed E-state index contributed by atoms with van der Waals surface area (Å²) in [7, 11) is 2.05. The molecule has 3 heteroatoms. The van der Waals surface area contributed by atoms with Crippen molar-refractivity contribution in [2.75, 3.05) is 0 Å². The fraction of sp³-hybridized carbons (Fsp3) is 0.250. The maximum Gasteiger partial charge on any atom is 0.212 e. The molecule has 0 aliphatic heterocycles. The van der Waals surface area contributed by atoms with E-state index < -0.39 is 0 Å². The average Bonchev–Trinajstić information content (AvgIpc) is 2.98. The Kier molecular flexibility index (Phi) is 4.20. The molecule has 0 atom stereocenters. The number of nitrogens with zero attached hydrogens (tertiary/aromatic N) is 2. The molecule has 0 spiro atoms. The van der Waals surface area contributed by atoms with Crippen molar-refractivity contribution in [1.29, 1.82) is 5.26 Å². The van der Waals surface area contributed by atoms with Crippen LogP contribution in [0.5, 0.6) is 0 Å². The molecule has 0 N–H and O–H groups in total. The number of fused-ring (bicyclic) bond motifs is 3. The molecule has 2 aromatic carbocycles. The zero-order valence-corrected chi connectivity index (χ0v) is 16.2. The lowest BCUT2D eigenvalue weighted by molar-refractivity contribution is -0.660. The van der Waals surface area contributed by atoms with Gasteiger partial charge in [0.05, 0.1) is 11.1 Å². The van der Waals surface area contributed by atoms with E-state index in [9.17, 15) is 5.26 Å². The van der Waals surface area contributed by atoms with Gasteiger partial charge in [0.2, 0.25) is 5.69 Å². The first-order valence-corrected chi connectivity index (χ1v) is 9.33. The molecule has 0 aliphatic rings. The van der Waals surface area contributed by atoms with Gasteiger partial charge in [-0.15, -0.1) is 0 Å². The van der Waals surface area contributed by atoms with Crippen molar-refractivity contribution in [2.45, 2.75) is 27.2 Å². The fourth-order valence-corrected chi connectivity index (χ4v) is 3.85. The first kappa shape index (κ1) is 17.3. The molecule has 0 aliphatic carbocycles. The van der Waals surface area contributed by atoms with E-state index >= 15 is 0 Å². The van der Waals surface area contributed by atoms with Crippen molar-refractivity contribution in [3.8, 4) is 17.3 Å². The normalized spacial score (nSPS) is 11.4. The number of benzene rings is 2. The summed E-state index contributed by atoms with van der Waals surface area (Å²) in [4.78, 5) is 0. The number of rotatable bonds is 3. The van der Waals surface area contributed by atoms with E-state index in [1.807, 2.05) is 25.4 Å². The average molecular weight is 355 g/mol. The van der Waals surface area contributed by atoms with Crippen LogP contribution in [0.2, 0.25) is 0 Å². The van der Waals surface area contributed by atoms with E-state index in [4.69, 9.17) is 4.42 Å². The highest BCUT2D eigenvalue weighted by Gasteiger charge is 2.19. The van der Waals surface area contributed by atoms with E-state index in [1.165, 1.54) is 5.56 Å². The minimum absolute atomic E-state index is 0.492. The van der Waals surface area contributed by atoms with Crippen molar-refractivity contribution < 1.29 is 8.98 Å². The highest BCUT2D eigenvalue weighted by Crippen LogP contribution is 2.36. The van der Waals surface area contributed by atoms with Gasteiger partial charge >= 0.3 is 0 Å². The highest BCUT2D eigenvalue weighted by molar-refractivity contribution is 6.08. The van der Waals surface area contributed by atoms with E-state index in [0.29, 0.717) is 17.1 Å². The fourth-order valence-electron chi connectivity index (χ4n) is 3.85. The van der Waals surface area contributed by atoms with Gasteiger partial charge in [-0.1, -0.05) is 26.0 Å². The monoisotopic (exact) mass is 355 g/mol. The van der Waals surface area contributed by atoms with Gasteiger partial charge in [0.1, 0.15) is 18.7 Å². The molecule has 2 heterocycles. The summed E-state index contributed by atoms with van der Waals surface area (Å²) in [5.74, 6) is 0.492. The number of hydrogen-bond acceptors (Lipinski definition) is 2. The number of aromatic nitrogens is 1. The Morgan fingerprint density at radius 2 is 1.93 bits per heavy atom. The SMILES string of the molecule is Cc1cc2c(cc1-c1cccc[n+]1C)oc1c(C#N)c(CC(C)C)ccc12. The number of aryl methyl sites for hydroxylation is 2. The predicted octanol–water partition coefficient (Wildman–Crippen LogP) is 5.46. The molecule has 0 saturated heterocycles. The van der Waals surface area contributed by atoms with Gasteiger partial charge in [0.15, 0.2) is 11.8 Å². The van der Waals surface area contributed by atoms with Crippen molar-refractivity contribution in [3.05, 3.63) is 65.4 Å². The third-order valence-electron chi connectivity index (χ3n) is 5.14. The largest absolute Gasteiger partial charge is 0.455 e. The standard InChI is InChI=1S/C24H23N2O/c1-15(2)11-17-8-9-18-20-12-16(3)19(22-7-5-6-10-26(22)4)13-23(20)27-24(18)21(17)14-25/h5-10,12-13,15H,11H2,1-4H3/q+1. The molecule has 134 valence electrons. The minimum atomic E-state index is 0.492. The maximum absolute atomic E-state index is 9.76. The molecule has 0 bridgehead atoms. The maximum atomic E-state index is 9.76. The van der Waals surface area contributed by atoms with Crippen molar-refractivity contribution >= 4 is 21.9 Å². The van der Waals surface area contributed by atoms with Crippen LogP contribution < -0.4 is 4.57 Å². The quantitative estimate of drug-likeness (QED) is 0.458. The lowest BCUT2D eigenvalue weighted by Crippen LogP contribution is -2.30. The molecule has 4 rings (SSSR count). The Hall–Kier alpha value is -3.12. The van der Waals surface area contributed by atoms with Crippen LogP contribution in [0.25, 0.3) is 33.2 Å². The summed E-state index contributed by atoms with van der Waals surface area (Å²) < 4.78 is 8.33. The summed E-state index contributed by atoms with van der Waals surface area (Å²) in [6, 6.07) is 17.0. The van der Waals surface area contributed by atoms with Crippen molar-refractivity contribution in [2.24, 2.45) is 13.0 Å². The van der Waals surface area contributed by atoms with Gasteiger partial charge in [-0.05, 0) is 48.6 Å². The van der Waals surface area contributed by atoms with E-state index in [0.717, 1.165) is 39.6 Å². The van der Waals surface area contributed by atoms with Gasteiger partial charge in [0, 0.05) is 22.9 Å². The predicted molar refractivity (Wildman–Crippen MR) is 108 cm³/mol. The number of hydrogen-bond donors (Lipinski definition) is 0. The summed E-state index contributed by atoms with van der Waals surface area (Å²) in [6.07, 6.45) is 2.92. The van der Waals surface area contributed by atoms with Gasteiger partial charge < -0.3 is 4.42 Å². The van der Waals surface area contributed by atoms with Crippen LogP contribution in [0.15, 0.2) is 53.1 Å². The Morgan fingerprint density at radius 3 is 2.63 bits per heavy atom. The lowest BCUT2D eigenvalue weighted by atomic mass is 9.96. The first-order valence-electron chi connectivity index (χ1n) is 9.33. The van der Waals surface area contributed by atoms with Gasteiger partial charge in [0.25, 0.3) is 0 Å². The molecule has 0 radical (unpaired) electrons. The van der Waals surface area contributed by atoms with Crippen LogP contribution in [0.3, 0.4) is 0 Å². The Labute approximate surface area is 159 Å². The number of nitriles is 1. The Morgan fingerprint density at radius 1 is 1.11 bits per heavy atom. The highest BCUT2D eigenvalue weighted by atomic mass is 16.3. The molecule has 4 aromatic rings. The zero-order valence-electron chi connectivity index (χ0n) is 16.2. The third kappa shape index (κ3) is 2.88. The second-order valence-electron chi connectivity index (χ2n) is 7.65. The topological polar surface area (TPSA) is 40.8 Å². The molecule has 0 fully saturated rings. The molecule has 3 nitrogen and oxygen atoms in total. The van der Waals surface area contributed by atoms with Crippen molar-refractivity contribution in [1.82, 2.24) is 0 Å². The van der Waals surface area contributed by atoms with Crippen LogP contribution in [0.4, 0.5) is 0 Å². The van der Waals surface area contributed by atoms with E-state index in [-0.39, 0.29) is 0 Å². The molecule has 2 aromatic heterocycles. The molecule has 0 saturated carbocycles. The minimum Gasteiger partial charge on any atom is -0.455 e. The molecule has 0 unspecified atom stereocenters. The van der Waals surface area contributed by atoms with Crippen LogP contribution in [-0.4, -0.2) is 0 Å². The summed E-state index contributed by atoms with van der Waals surface area (Å²) >= 11 is 0. The second-order valence-corrected chi connectivity index (χ2v) is 7.65. The van der Waals surface area contributed by atoms with Crippen LogP contribution in [-0.2, 0) is 13.5 Å². The second kappa shape index (κ2) is 6.55. The summed E-state index contributed by atoms with van der Waals surface area (Å²) in [5, 5.41) is 11.8. The zero-order chi connectivity index (χ0) is 19.1. The molecular weight excluding hydrogens is 332 g/mol. The third-order valence-corrected chi connectivity index (χ3v) is 5.14. The van der Waals surface area contributed by atoms with Crippen LogP contribution in [0.1, 0.15) is 30.5 Å². The summed E-state index contributed by atoms with van der Waals surface area (Å²) in [6.45, 7) is 6.46. The van der Waals surface area contributed by atoms with E-state index in [1.54, 1.807) is 0 Å². The van der Waals surface area contributed by atoms with Gasteiger partial charge in [-0.2, -0.15) is 5.26 Å². The smallest absolute Gasteiger partial charge is 0.212 e. The van der Waals surface area contributed by atoms with Gasteiger partial charge in [-0.3, -0.25) is 0 Å². The van der Waals surface area contributed by atoms with Gasteiger partial charge in [-0.25, -0.2) is 4.57 Å². The first-order chi connectivity index (χ1) is 13.0. The van der Waals surface area contributed by atoms with Crippen LogP contribution in [0, 0.1) is 24.2 Å². The molecular formula is C24H23N2O+. The van der Waals surface area contributed by atoms with Crippen LogP contribution >= 0.6 is 0 Å². The van der Waals surface area contributed by atoms with E-state index in [2.05, 4.69) is 61.7 Å². The lowest BCUT2D eigenvalue weighted by Gasteiger charge is -2.07. The summed E-state index contributed by atoms with van der Waals surface area (Å²) in [5.41, 5.74) is 6.74. The molecule has 0 amide bonds. The number of pyridine rings is 1. The Bertz CT molecular complexity index is 1210.